The smallest absolute Gasteiger partial charge is 0.271 e. The molecule has 0 aliphatic rings. The molecule has 0 saturated carbocycles. The Morgan fingerprint density at radius 1 is 1.45 bits per heavy atom. The fourth-order valence-electron chi connectivity index (χ4n) is 1.42. The first-order chi connectivity index (χ1) is 9.54. The SMILES string of the molecule is CCCCOCC(O)COc1ccc([N+](=O)[O-])cc1Cl. The largest absolute Gasteiger partial charge is 0.489 e. The Morgan fingerprint density at radius 3 is 2.80 bits per heavy atom. The van der Waals surface area contributed by atoms with E-state index in [1.54, 1.807) is 0 Å². The van der Waals surface area contributed by atoms with Crippen molar-refractivity contribution in [1.29, 1.82) is 0 Å². The van der Waals surface area contributed by atoms with Crippen molar-refractivity contribution in [2.75, 3.05) is 19.8 Å². The predicted molar refractivity (Wildman–Crippen MR) is 75.3 cm³/mol. The molecule has 0 amide bonds. The molecule has 1 N–H and O–H groups in total. The summed E-state index contributed by atoms with van der Waals surface area (Å²) in [5.74, 6) is 0.296. The van der Waals surface area contributed by atoms with Gasteiger partial charge in [0.15, 0.2) is 0 Å². The molecule has 1 aromatic rings. The fourth-order valence-corrected chi connectivity index (χ4v) is 1.65. The highest BCUT2D eigenvalue weighted by molar-refractivity contribution is 6.32. The number of nitro groups is 1. The molecule has 20 heavy (non-hydrogen) atoms. The molecule has 0 fully saturated rings. The normalized spacial score (nSPS) is 12.2. The summed E-state index contributed by atoms with van der Waals surface area (Å²) in [6.45, 7) is 2.86. The van der Waals surface area contributed by atoms with Crippen molar-refractivity contribution in [1.82, 2.24) is 0 Å². The van der Waals surface area contributed by atoms with Crippen molar-refractivity contribution < 1.29 is 19.5 Å². The Bertz CT molecular complexity index is 441. The van der Waals surface area contributed by atoms with Gasteiger partial charge in [-0.05, 0) is 12.5 Å². The van der Waals surface area contributed by atoms with E-state index in [0.717, 1.165) is 12.8 Å². The van der Waals surface area contributed by atoms with Gasteiger partial charge in [0.25, 0.3) is 5.69 Å². The highest BCUT2D eigenvalue weighted by Gasteiger charge is 2.12. The van der Waals surface area contributed by atoms with Gasteiger partial charge < -0.3 is 14.6 Å². The topological polar surface area (TPSA) is 81.8 Å². The summed E-state index contributed by atoms with van der Waals surface area (Å²) >= 11 is 5.86. The molecule has 6 nitrogen and oxygen atoms in total. The lowest BCUT2D eigenvalue weighted by Gasteiger charge is -2.13. The number of nitrogens with zero attached hydrogens (tertiary/aromatic N) is 1. The van der Waals surface area contributed by atoms with E-state index >= 15 is 0 Å². The Balaban J connectivity index is 2.39. The molecule has 112 valence electrons. The van der Waals surface area contributed by atoms with Gasteiger partial charge in [-0.3, -0.25) is 10.1 Å². The number of unbranched alkanes of at least 4 members (excludes halogenated alkanes) is 1. The number of halogens is 1. The van der Waals surface area contributed by atoms with Crippen molar-refractivity contribution in [2.24, 2.45) is 0 Å². The lowest BCUT2D eigenvalue weighted by molar-refractivity contribution is -0.384. The van der Waals surface area contributed by atoms with E-state index < -0.39 is 11.0 Å². The van der Waals surface area contributed by atoms with Crippen LogP contribution in [-0.2, 0) is 4.74 Å². The van der Waals surface area contributed by atoms with Gasteiger partial charge in [0.2, 0.25) is 0 Å². The van der Waals surface area contributed by atoms with E-state index in [1.165, 1.54) is 18.2 Å². The van der Waals surface area contributed by atoms with Crippen LogP contribution in [0.25, 0.3) is 0 Å². The number of aliphatic hydroxyl groups is 1. The molecule has 0 saturated heterocycles. The van der Waals surface area contributed by atoms with Crippen LogP contribution in [0, 0.1) is 10.1 Å². The van der Waals surface area contributed by atoms with E-state index in [2.05, 4.69) is 6.92 Å². The molecule has 1 unspecified atom stereocenters. The molecule has 1 rings (SSSR count). The Morgan fingerprint density at radius 2 is 2.20 bits per heavy atom. The van der Waals surface area contributed by atoms with Crippen LogP contribution in [0.2, 0.25) is 5.02 Å². The maximum absolute atomic E-state index is 10.6. The average molecular weight is 304 g/mol. The Kier molecular flexibility index (Phi) is 7.28. The van der Waals surface area contributed by atoms with Gasteiger partial charge in [0, 0.05) is 18.7 Å². The van der Waals surface area contributed by atoms with E-state index in [-0.39, 0.29) is 23.9 Å². The molecule has 1 atom stereocenters. The third-order valence-electron chi connectivity index (χ3n) is 2.51. The summed E-state index contributed by atoms with van der Waals surface area (Å²) in [6, 6.07) is 3.91. The zero-order valence-electron chi connectivity index (χ0n) is 11.3. The highest BCUT2D eigenvalue weighted by atomic mass is 35.5. The van der Waals surface area contributed by atoms with Crippen molar-refractivity contribution in [2.45, 2.75) is 25.9 Å². The second-order valence-electron chi connectivity index (χ2n) is 4.27. The summed E-state index contributed by atoms with van der Waals surface area (Å²) in [6.07, 6.45) is 1.21. The minimum Gasteiger partial charge on any atom is -0.489 e. The maximum Gasteiger partial charge on any atom is 0.271 e. The van der Waals surface area contributed by atoms with Gasteiger partial charge in [-0.2, -0.15) is 0 Å². The van der Waals surface area contributed by atoms with Crippen LogP contribution < -0.4 is 4.74 Å². The van der Waals surface area contributed by atoms with Gasteiger partial charge in [-0.15, -0.1) is 0 Å². The number of rotatable bonds is 9. The van der Waals surface area contributed by atoms with Crippen LogP contribution in [0.4, 0.5) is 5.69 Å². The Hall–Kier alpha value is -1.37. The van der Waals surface area contributed by atoms with E-state index in [4.69, 9.17) is 21.1 Å². The minimum atomic E-state index is -0.766. The monoisotopic (exact) mass is 303 g/mol. The molecule has 0 aromatic heterocycles. The Labute approximate surface area is 122 Å². The fraction of sp³-hybridized carbons (Fsp3) is 0.538. The predicted octanol–water partition coefficient (Wildman–Crippen LogP) is 2.80. The molecular formula is C13H18ClNO5. The number of hydrogen-bond donors (Lipinski definition) is 1. The van der Waals surface area contributed by atoms with Crippen molar-refractivity contribution >= 4 is 17.3 Å². The molecule has 0 bridgehead atoms. The van der Waals surface area contributed by atoms with Gasteiger partial charge >= 0.3 is 0 Å². The van der Waals surface area contributed by atoms with Gasteiger partial charge in [-0.25, -0.2) is 0 Å². The zero-order chi connectivity index (χ0) is 15.0. The lowest BCUT2D eigenvalue weighted by atomic mass is 10.3. The van der Waals surface area contributed by atoms with Crippen LogP contribution in [-0.4, -0.2) is 36.0 Å². The molecule has 0 heterocycles. The van der Waals surface area contributed by atoms with Gasteiger partial charge in [0.05, 0.1) is 16.6 Å². The number of non-ortho nitro benzene ring substituents is 1. The first kappa shape index (κ1) is 16.7. The van der Waals surface area contributed by atoms with Crippen LogP contribution in [0.15, 0.2) is 18.2 Å². The summed E-state index contributed by atoms with van der Waals surface area (Å²) in [7, 11) is 0. The second-order valence-corrected chi connectivity index (χ2v) is 4.67. The molecule has 0 radical (unpaired) electrons. The third-order valence-corrected chi connectivity index (χ3v) is 2.81. The number of benzene rings is 1. The summed E-state index contributed by atoms with van der Waals surface area (Å²) < 4.78 is 10.6. The number of ether oxygens (including phenoxy) is 2. The molecular weight excluding hydrogens is 286 g/mol. The number of nitro benzene ring substituents is 1. The highest BCUT2D eigenvalue weighted by Crippen LogP contribution is 2.28. The van der Waals surface area contributed by atoms with Crippen molar-refractivity contribution in [3.8, 4) is 5.75 Å². The molecule has 7 heteroatoms. The first-order valence-corrected chi connectivity index (χ1v) is 6.75. The van der Waals surface area contributed by atoms with Crippen LogP contribution in [0.3, 0.4) is 0 Å². The number of hydrogen-bond acceptors (Lipinski definition) is 5. The molecule has 0 aliphatic carbocycles. The quantitative estimate of drug-likeness (QED) is 0.431. The maximum atomic E-state index is 10.6. The zero-order valence-corrected chi connectivity index (χ0v) is 12.0. The van der Waals surface area contributed by atoms with E-state index in [0.29, 0.717) is 12.4 Å². The molecule has 0 spiro atoms. The van der Waals surface area contributed by atoms with Crippen LogP contribution >= 0.6 is 11.6 Å². The number of aliphatic hydroxyl groups excluding tert-OH is 1. The van der Waals surface area contributed by atoms with E-state index in [1.807, 2.05) is 0 Å². The molecule has 0 aliphatic heterocycles. The van der Waals surface area contributed by atoms with Gasteiger partial charge in [0.1, 0.15) is 18.5 Å². The average Bonchev–Trinajstić information content (AvgIpc) is 2.42. The van der Waals surface area contributed by atoms with Crippen molar-refractivity contribution in [3.05, 3.63) is 33.3 Å². The third kappa shape index (κ3) is 5.73. The lowest BCUT2D eigenvalue weighted by Crippen LogP contribution is -2.23. The molecule has 1 aromatic carbocycles. The summed E-state index contributed by atoms with van der Waals surface area (Å²) in [5, 5.41) is 20.3. The van der Waals surface area contributed by atoms with Crippen LogP contribution in [0.1, 0.15) is 19.8 Å². The van der Waals surface area contributed by atoms with Crippen LogP contribution in [0.5, 0.6) is 5.75 Å². The summed E-state index contributed by atoms with van der Waals surface area (Å²) in [5.41, 5.74) is -0.106. The summed E-state index contributed by atoms with van der Waals surface area (Å²) in [4.78, 5) is 10.0. The minimum absolute atomic E-state index is 0.0175. The second kappa shape index (κ2) is 8.73. The first-order valence-electron chi connectivity index (χ1n) is 6.37. The standard InChI is InChI=1S/C13H18ClNO5/c1-2-3-6-19-8-11(16)9-20-13-5-4-10(15(17)18)7-12(13)14/h4-5,7,11,16H,2-3,6,8-9H2,1H3. The van der Waals surface area contributed by atoms with E-state index in [9.17, 15) is 15.2 Å². The van der Waals surface area contributed by atoms with Crippen molar-refractivity contribution in [3.63, 3.8) is 0 Å². The van der Waals surface area contributed by atoms with Gasteiger partial charge in [-0.1, -0.05) is 24.9 Å².